The first-order chi connectivity index (χ1) is 47.0. The SMILES string of the molecule is CC[C@H](C)[C@H](NC(=O)[C@H](CCCN=C(N)N)NC(=O)[C@H](CCCCN)NC(=O)[C@H](CC(C)C)NC(=O)[C@H](Cc1ccccc1)NC(=O)CNC(=O)[C@@H](CC(=O)O)NC(=O)[C@@H](N)Cc1ccc(O)cc1)C(=O)N[C@@H](CCCN=C(N)N)C(=O)N1CCC[C@@H]1C(=O)N[C@H](CCCCN)C(N)=O. The van der Waals surface area contributed by atoms with E-state index in [4.69, 9.17) is 45.9 Å². The lowest BCUT2D eigenvalue weighted by Gasteiger charge is -2.32. The van der Waals surface area contributed by atoms with Gasteiger partial charge < -0.3 is 109 Å². The number of carboxylic acid groups (broad SMARTS) is 1. The van der Waals surface area contributed by atoms with Gasteiger partial charge in [-0.1, -0.05) is 76.6 Å². The van der Waals surface area contributed by atoms with Gasteiger partial charge in [0.15, 0.2) is 11.9 Å². The highest BCUT2D eigenvalue weighted by Gasteiger charge is 2.41. The molecule has 0 saturated carbocycles. The van der Waals surface area contributed by atoms with E-state index in [9.17, 15) is 67.7 Å². The Bertz CT molecular complexity index is 3040. The molecule has 27 N–H and O–H groups in total. The van der Waals surface area contributed by atoms with Gasteiger partial charge in [-0.05, 0) is 138 Å². The number of unbranched alkanes of at least 4 members (excludes halogenated alkanes) is 2. The molecule has 0 radical (unpaired) electrons. The number of primary amides is 1. The van der Waals surface area contributed by atoms with Crippen LogP contribution in [-0.2, 0) is 70.4 Å². The van der Waals surface area contributed by atoms with Gasteiger partial charge >= 0.3 is 5.97 Å². The van der Waals surface area contributed by atoms with Crippen molar-refractivity contribution in [1.82, 2.24) is 52.8 Å². The smallest absolute Gasteiger partial charge is 0.305 e. The molecule has 0 aromatic heterocycles. The van der Waals surface area contributed by atoms with Gasteiger partial charge in [-0.2, -0.15) is 0 Å². The number of nitrogens with zero attached hydrogens (tertiary/aromatic N) is 3. The molecule has 1 aliphatic rings. The standard InChI is InChI=1S/C65H106N20O14/c1-5-38(4)53(62(98)81-46(21-14-30-75-65(72)73)63(99)85-31-15-22-50(85)61(97)78-43(54(69)90)18-9-11-27-66)84-58(94)45(20-13-29-74-64(70)71)79-57(93)44(19-10-12-28-67)80-59(95)47(32-37(2)3)83-60(96)48(34-39-16-7-6-8-17-39)77-51(87)36-76-56(92)49(35-52(88)89)82-55(91)42(68)33-40-23-25-41(86)26-24-40/h6-8,16-17,23-26,37-38,42-50,53,86H,5,9-15,18-22,27-36,66-68H2,1-4H3,(H2,69,90)(H,76,92)(H,77,87)(H,78,97)(H,79,93)(H,80,95)(H,81,98)(H,82,91)(H,83,96)(H,84,94)(H,88,89)(H4,70,71,74)(H4,72,73,75)/t38-,42-,43+,44-,45-,46-,47-,48-,49+,50+,53-/m0/s1. The molecule has 1 heterocycles. The monoisotopic (exact) mass is 1390 g/mol. The topological polar surface area (TPSA) is 590 Å². The molecular formula is C65H106N20O14. The number of aliphatic imine (C=N–C) groups is 2. The van der Waals surface area contributed by atoms with E-state index < -0.39 is 150 Å². The molecule has 34 heteroatoms. The van der Waals surface area contributed by atoms with Crippen molar-refractivity contribution in [2.45, 2.75) is 197 Å². The number of hydrogen-bond donors (Lipinski definition) is 19. The second kappa shape index (κ2) is 44.3. The molecule has 1 saturated heterocycles. The average molecular weight is 1390 g/mol. The number of nitrogens with two attached hydrogens (primary N) is 8. The van der Waals surface area contributed by atoms with Crippen molar-refractivity contribution in [2.75, 3.05) is 39.3 Å². The Kier molecular flexibility index (Phi) is 37.3. The number of amides is 11. The van der Waals surface area contributed by atoms with Crippen molar-refractivity contribution in [2.24, 2.45) is 67.7 Å². The quantitative estimate of drug-likeness (QED) is 0.0170. The minimum Gasteiger partial charge on any atom is -0.508 e. The Morgan fingerprint density at radius 2 is 1.06 bits per heavy atom. The number of benzene rings is 2. The fourth-order valence-electron chi connectivity index (χ4n) is 10.8. The zero-order valence-electron chi connectivity index (χ0n) is 57.1. The van der Waals surface area contributed by atoms with Crippen LogP contribution in [0.15, 0.2) is 64.6 Å². The summed E-state index contributed by atoms with van der Waals surface area (Å²) in [6.45, 7) is 7.00. The zero-order valence-corrected chi connectivity index (χ0v) is 57.1. The van der Waals surface area contributed by atoms with E-state index in [1.54, 1.807) is 58.0 Å². The number of aliphatic carboxylic acids is 1. The van der Waals surface area contributed by atoms with Crippen molar-refractivity contribution in [3.63, 3.8) is 0 Å². The highest BCUT2D eigenvalue weighted by Crippen LogP contribution is 2.22. The van der Waals surface area contributed by atoms with Crippen LogP contribution in [0.4, 0.5) is 0 Å². The normalized spacial score (nSPS) is 15.6. The van der Waals surface area contributed by atoms with Gasteiger partial charge in [0.1, 0.15) is 60.1 Å². The Balaban J connectivity index is 1.92. The Morgan fingerprint density at radius 3 is 1.61 bits per heavy atom. The predicted octanol–water partition coefficient (Wildman–Crippen LogP) is -4.09. The number of carboxylic acids is 1. The van der Waals surface area contributed by atoms with E-state index in [0.29, 0.717) is 56.2 Å². The second-order valence-corrected chi connectivity index (χ2v) is 25.0. The highest BCUT2D eigenvalue weighted by atomic mass is 16.4. The first kappa shape index (κ1) is 83.5. The van der Waals surface area contributed by atoms with E-state index in [1.807, 2.05) is 0 Å². The molecular weight excluding hydrogens is 1280 g/mol. The van der Waals surface area contributed by atoms with Gasteiger partial charge in [-0.15, -0.1) is 0 Å². The number of carbonyl (C=O) groups excluding carboxylic acids is 11. The summed E-state index contributed by atoms with van der Waals surface area (Å²) in [5.74, 6) is -11.8. The molecule has 0 spiro atoms. The number of rotatable bonds is 46. The summed E-state index contributed by atoms with van der Waals surface area (Å²) in [4.78, 5) is 175. The molecule has 34 nitrogen and oxygen atoms in total. The van der Waals surface area contributed by atoms with Crippen molar-refractivity contribution >= 4 is 82.9 Å². The largest absolute Gasteiger partial charge is 0.508 e. The van der Waals surface area contributed by atoms with E-state index >= 15 is 0 Å². The number of likely N-dealkylation sites (tertiary alicyclic amines) is 1. The minimum absolute atomic E-state index is 0.00492. The van der Waals surface area contributed by atoms with Crippen LogP contribution in [0.2, 0.25) is 0 Å². The van der Waals surface area contributed by atoms with Gasteiger partial charge in [0.2, 0.25) is 65.0 Å². The summed E-state index contributed by atoms with van der Waals surface area (Å²) < 4.78 is 0. The Hall–Kier alpha value is -9.70. The lowest BCUT2D eigenvalue weighted by Crippen LogP contribution is -2.61. The number of phenolic OH excluding ortho intramolecular Hbond substituents is 1. The molecule has 0 aliphatic carbocycles. The summed E-state index contributed by atoms with van der Waals surface area (Å²) in [7, 11) is 0. The van der Waals surface area contributed by atoms with E-state index in [-0.39, 0.29) is 114 Å². The summed E-state index contributed by atoms with van der Waals surface area (Å²) in [6, 6.07) is 1.18. The van der Waals surface area contributed by atoms with Crippen LogP contribution >= 0.6 is 0 Å². The maximum atomic E-state index is 14.7. The highest BCUT2D eigenvalue weighted by molar-refractivity contribution is 5.99. The molecule has 11 amide bonds. The van der Waals surface area contributed by atoms with Gasteiger partial charge in [0, 0.05) is 26.1 Å². The Labute approximate surface area is 577 Å². The number of carbonyl (C=O) groups is 12. The molecule has 99 heavy (non-hydrogen) atoms. The molecule has 550 valence electrons. The summed E-state index contributed by atoms with van der Waals surface area (Å²) >= 11 is 0. The number of guanidine groups is 2. The fourth-order valence-corrected chi connectivity index (χ4v) is 10.8. The summed E-state index contributed by atoms with van der Waals surface area (Å²) in [6.07, 6.45) is 2.12. The van der Waals surface area contributed by atoms with Crippen LogP contribution in [0.1, 0.15) is 135 Å². The molecule has 1 aliphatic heterocycles. The van der Waals surface area contributed by atoms with Crippen LogP contribution in [0.3, 0.4) is 0 Å². The number of nitrogens with one attached hydrogen (secondary N) is 9. The van der Waals surface area contributed by atoms with Crippen molar-refractivity contribution in [3.05, 3.63) is 65.7 Å². The maximum Gasteiger partial charge on any atom is 0.305 e. The molecule has 2 aromatic carbocycles. The first-order valence-corrected chi connectivity index (χ1v) is 33.6. The lowest BCUT2D eigenvalue weighted by molar-refractivity contribution is -0.142. The third-order valence-corrected chi connectivity index (χ3v) is 16.4. The van der Waals surface area contributed by atoms with Gasteiger partial charge in [-0.25, -0.2) is 0 Å². The maximum absolute atomic E-state index is 14.7. The fraction of sp³-hybridized carbons (Fsp3) is 0.600. The van der Waals surface area contributed by atoms with E-state index in [1.165, 1.54) is 29.2 Å². The zero-order chi connectivity index (χ0) is 73.7. The number of hydrogen-bond acceptors (Lipinski definition) is 18. The summed E-state index contributed by atoms with van der Waals surface area (Å²) in [5, 5.41) is 42.9. The first-order valence-electron chi connectivity index (χ1n) is 33.6. The minimum atomic E-state index is -1.68. The molecule has 0 bridgehead atoms. The van der Waals surface area contributed by atoms with Crippen molar-refractivity contribution < 1.29 is 67.7 Å². The molecule has 11 atom stereocenters. The van der Waals surface area contributed by atoms with E-state index in [0.717, 1.165) is 0 Å². The van der Waals surface area contributed by atoms with Gasteiger partial charge in [0.05, 0.1) is 19.0 Å². The third-order valence-electron chi connectivity index (χ3n) is 16.4. The van der Waals surface area contributed by atoms with Crippen LogP contribution in [0.25, 0.3) is 0 Å². The molecule has 2 aromatic rings. The van der Waals surface area contributed by atoms with Gasteiger partial charge in [0.25, 0.3) is 0 Å². The molecule has 3 rings (SSSR count). The van der Waals surface area contributed by atoms with Crippen molar-refractivity contribution in [1.29, 1.82) is 0 Å². The van der Waals surface area contributed by atoms with Crippen LogP contribution in [0.5, 0.6) is 5.75 Å². The Morgan fingerprint density at radius 1 is 0.556 bits per heavy atom. The van der Waals surface area contributed by atoms with Crippen molar-refractivity contribution in [3.8, 4) is 5.75 Å². The second-order valence-electron chi connectivity index (χ2n) is 25.0. The van der Waals surface area contributed by atoms with Crippen LogP contribution < -0.4 is 93.7 Å². The average Bonchev–Trinajstić information content (AvgIpc) is 1.77. The van der Waals surface area contributed by atoms with Crippen LogP contribution in [0, 0.1) is 11.8 Å². The predicted molar refractivity (Wildman–Crippen MR) is 369 cm³/mol. The number of aromatic hydroxyl groups is 1. The lowest BCUT2D eigenvalue weighted by atomic mass is 9.96. The van der Waals surface area contributed by atoms with Crippen LogP contribution in [-0.4, -0.2) is 198 Å². The third kappa shape index (κ3) is 31.1. The molecule has 0 unspecified atom stereocenters. The molecule has 1 fully saturated rings. The van der Waals surface area contributed by atoms with E-state index in [2.05, 4.69) is 57.8 Å². The number of phenols is 1. The summed E-state index contributed by atoms with van der Waals surface area (Å²) in [5.41, 5.74) is 46.7. The van der Waals surface area contributed by atoms with Gasteiger partial charge in [-0.3, -0.25) is 67.5 Å².